The van der Waals surface area contributed by atoms with Gasteiger partial charge in [-0.15, -0.1) is 0 Å². The number of H-pyrrole nitrogens is 1. The van der Waals surface area contributed by atoms with Gasteiger partial charge in [-0.05, 0) is 76.6 Å². The quantitative estimate of drug-likeness (QED) is 0.0546. The van der Waals surface area contributed by atoms with Crippen LogP contribution >= 0.6 is 0 Å². The minimum absolute atomic E-state index is 0.0273. The van der Waals surface area contributed by atoms with E-state index in [2.05, 4.69) is 31.1 Å². The van der Waals surface area contributed by atoms with E-state index in [1.165, 1.54) is 0 Å². The maximum Gasteiger partial charge on any atom is 0.289 e. The number of anilines is 2. The van der Waals surface area contributed by atoms with Crippen LogP contribution in [0.3, 0.4) is 0 Å². The molecule has 1 aliphatic carbocycles. The molecule has 0 spiro atoms. The first-order valence-corrected chi connectivity index (χ1v) is 22.6. The Bertz CT molecular complexity index is 2880. The van der Waals surface area contributed by atoms with Crippen LogP contribution in [0.15, 0.2) is 40.9 Å². The van der Waals surface area contributed by atoms with Crippen molar-refractivity contribution in [2.24, 2.45) is 0 Å². The molecule has 2 aromatic carbocycles. The Morgan fingerprint density at radius 1 is 0.910 bits per heavy atom. The summed E-state index contributed by atoms with van der Waals surface area (Å²) in [5.41, 5.74) is 5.89. The highest BCUT2D eigenvalue weighted by molar-refractivity contribution is 6.24. The predicted octanol–water partition coefficient (Wildman–Crippen LogP) is 5.04. The topological polar surface area (TPSA) is 247 Å². The van der Waals surface area contributed by atoms with Crippen LogP contribution in [0.4, 0.5) is 11.6 Å². The number of hydrogen-bond donors (Lipinski definition) is 4. The second-order valence-corrected chi connectivity index (χ2v) is 16.7. The molecular weight excluding hydrogens is 865 g/mol. The molecule has 3 aliphatic rings. The van der Waals surface area contributed by atoms with Gasteiger partial charge in [0, 0.05) is 54.6 Å². The molecule has 2 fully saturated rings. The second kappa shape index (κ2) is 19.4. The number of aryl methyl sites for hydroxylation is 4. The molecular formula is C47H52N10O10. The van der Waals surface area contributed by atoms with E-state index >= 15 is 0 Å². The lowest BCUT2D eigenvalue weighted by Crippen LogP contribution is -2.54. The van der Waals surface area contributed by atoms with E-state index in [1.807, 2.05) is 43.7 Å². The van der Waals surface area contributed by atoms with Crippen molar-refractivity contribution in [2.75, 3.05) is 58.6 Å². The molecule has 1 unspecified atom stereocenters. The first-order valence-electron chi connectivity index (χ1n) is 22.6. The normalized spacial score (nSPS) is 16.1. The van der Waals surface area contributed by atoms with Gasteiger partial charge in [0.05, 0.1) is 73.6 Å². The monoisotopic (exact) mass is 916 g/mol. The fourth-order valence-electron chi connectivity index (χ4n) is 8.74. The average Bonchev–Trinajstić information content (AvgIpc) is 3.76. The van der Waals surface area contributed by atoms with E-state index < -0.39 is 35.6 Å². The van der Waals surface area contributed by atoms with Gasteiger partial charge in [0.2, 0.25) is 17.6 Å². The number of carbonyl (C=O) groups is 5. The van der Waals surface area contributed by atoms with Crippen molar-refractivity contribution < 1.29 is 47.4 Å². The maximum absolute atomic E-state index is 13.6. The van der Waals surface area contributed by atoms with Crippen LogP contribution in [0.1, 0.15) is 99.0 Å². The van der Waals surface area contributed by atoms with Crippen LogP contribution < -0.4 is 20.7 Å². The van der Waals surface area contributed by atoms with Crippen LogP contribution in [0.5, 0.6) is 5.75 Å². The lowest BCUT2D eigenvalue weighted by atomic mass is 9.99. The smallest absolute Gasteiger partial charge is 0.289 e. The van der Waals surface area contributed by atoms with Gasteiger partial charge in [0.1, 0.15) is 34.8 Å². The van der Waals surface area contributed by atoms with Crippen LogP contribution in [-0.2, 0) is 36.8 Å². The molecule has 1 saturated carbocycles. The Labute approximate surface area is 384 Å². The van der Waals surface area contributed by atoms with Gasteiger partial charge in [0.25, 0.3) is 17.7 Å². The minimum atomic E-state index is -1.01. The van der Waals surface area contributed by atoms with E-state index in [9.17, 15) is 24.0 Å². The zero-order valence-corrected chi connectivity index (χ0v) is 37.8. The number of aromatic amines is 1. The number of nitrogens with zero attached hydrogens (tertiary/aromatic N) is 6. The largest absolute Gasteiger partial charge is 0.496 e. The van der Waals surface area contributed by atoms with Crippen molar-refractivity contribution in [2.45, 2.75) is 77.8 Å². The molecule has 1 saturated heterocycles. The lowest BCUT2D eigenvalue weighted by molar-refractivity contribution is -0.136. The molecule has 4 N–H and O–H groups in total. The first kappa shape index (κ1) is 45.1. The third kappa shape index (κ3) is 9.23. The Hall–Kier alpha value is -7.03. The number of fused-ring (bicyclic) bond motifs is 4. The third-order valence-corrected chi connectivity index (χ3v) is 12.2. The van der Waals surface area contributed by atoms with Crippen molar-refractivity contribution in [1.82, 2.24) is 45.4 Å². The molecule has 6 aromatic rings. The first-order chi connectivity index (χ1) is 32.5. The molecule has 0 radical (unpaired) electrons. The Balaban J connectivity index is 0.750. The van der Waals surface area contributed by atoms with Crippen LogP contribution in [-0.4, -0.2) is 124 Å². The summed E-state index contributed by atoms with van der Waals surface area (Å²) >= 11 is 0. The molecule has 9 rings (SSSR count). The molecule has 2 aliphatic heterocycles. The molecule has 5 amide bonds. The number of amides is 5. The lowest BCUT2D eigenvalue weighted by Gasteiger charge is -2.27. The standard InChI is InChI=1S/C47H52N10O10/c1-5-56-36(24-32(54-56)27-11-12-27)50-42-40-30-23-35(63-4)31(38-25(2)55-67-26(38)3)22-33(30)49-41(40)52-43(53-42)45(60)48-15-17-65-19-21-66-20-18-64-16-7-9-28-8-6-10-29-39(28)47(62)57(46(29)61)34-13-14-37(58)51-44(34)59/h6,8,10,22-24,27,34H,5,7,9,11-21H2,1-4H3,(H,48,60)(H,51,58,59)(H2,49,50,52,53). The fraction of sp³-hybridized carbons (Fsp3) is 0.426. The Morgan fingerprint density at radius 3 is 2.40 bits per heavy atom. The summed E-state index contributed by atoms with van der Waals surface area (Å²) in [6, 6.07) is 10.0. The van der Waals surface area contributed by atoms with Gasteiger partial charge < -0.3 is 39.1 Å². The van der Waals surface area contributed by atoms with Crippen molar-refractivity contribution in [3.05, 3.63) is 76.1 Å². The van der Waals surface area contributed by atoms with E-state index in [0.29, 0.717) is 97.8 Å². The molecule has 350 valence electrons. The molecule has 6 heterocycles. The number of rotatable bonds is 21. The van der Waals surface area contributed by atoms with E-state index in [1.54, 1.807) is 25.3 Å². The molecule has 1 atom stereocenters. The van der Waals surface area contributed by atoms with E-state index in [4.69, 9.17) is 33.6 Å². The minimum Gasteiger partial charge on any atom is -0.496 e. The summed E-state index contributed by atoms with van der Waals surface area (Å²) in [5.74, 6) is 0.335. The highest BCUT2D eigenvalue weighted by Gasteiger charge is 2.45. The van der Waals surface area contributed by atoms with Crippen molar-refractivity contribution in [1.29, 1.82) is 0 Å². The number of piperidine rings is 1. The number of imide groups is 2. The fourth-order valence-corrected chi connectivity index (χ4v) is 8.74. The van der Waals surface area contributed by atoms with Gasteiger partial charge >= 0.3 is 0 Å². The third-order valence-electron chi connectivity index (χ3n) is 12.2. The van der Waals surface area contributed by atoms with Gasteiger partial charge in [-0.25, -0.2) is 14.6 Å². The maximum atomic E-state index is 13.6. The number of nitrogens with one attached hydrogen (secondary N) is 4. The average molecular weight is 917 g/mol. The second-order valence-electron chi connectivity index (χ2n) is 16.7. The number of methoxy groups -OCH3 is 1. The van der Waals surface area contributed by atoms with Gasteiger partial charge in [-0.3, -0.25) is 34.2 Å². The number of hydrogen-bond acceptors (Lipinski definition) is 15. The highest BCUT2D eigenvalue weighted by atomic mass is 16.5. The molecule has 4 aromatic heterocycles. The van der Waals surface area contributed by atoms with Crippen molar-refractivity contribution >= 4 is 63.1 Å². The Morgan fingerprint density at radius 2 is 1.69 bits per heavy atom. The van der Waals surface area contributed by atoms with Crippen LogP contribution in [0.25, 0.3) is 33.1 Å². The van der Waals surface area contributed by atoms with Gasteiger partial charge in [0.15, 0.2) is 0 Å². The molecule has 20 nitrogen and oxygen atoms in total. The molecule has 20 heteroatoms. The van der Waals surface area contributed by atoms with E-state index in [0.717, 1.165) is 57.0 Å². The highest BCUT2D eigenvalue weighted by Crippen LogP contribution is 2.43. The van der Waals surface area contributed by atoms with Crippen LogP contribution in [0.2, 0.25) is 0 Å². The summed E-state index contributed by atoms with van der Waals surface area (Å²) in [6.45, 7) is 8.57. The number of carbonyl (C=O) groups excluding carboxylic acids is 5. The van der Waals surface area contributed by atoms with Crippen molar-refractivity contribution in [3.8, 4) is 16.9 Å². The summed E-state index contributed by atoms with van der Waals surface area (Å²) in [4.78, 5) is 77.9. The predicted molar refractivity (Wildman–Crippen MR) is 242 cm³/mol. The van der Waals surface area contributed by atoms with Crippen molar-refractivity contribution in [3.63, 3.8) is 0 Å². The van der Waals surface area contributed by atoms with E-state index in [-0.39, 0.29) is 37.4 Å². The molecule has 67 heavy (non-hydrogen) atoms. The SMILES string of the molecule is CCn1nc(C2CC2)cc1Nc1nc(C(=O)NCCOCCOCCOCCCc2cccc3c2C(=O)N(C2CCC(=O)NC2=O)C3=O)nc2[nH]c3cc(-c4c(C)noc4C)c(OC)cc3c12. The summed E-state index contributed by atoms with van der Waals surface area (Å²) in [7, 11) is 1.62. The number of ether oxygens (including phenoxy) is 4. The Kier molecular flexibility index (Phi) is 13.1. The summed E-state index contributed by atoms with van der Waals surface area (Å²) < 4.78 is 30.3. The zero-order valence-electron chi connectivity index (χ0n) is 37.8. The zero-order chi connectivity index (χ0) is 46.8. The van der Waals surface area contributed by atoms with Gasteiger partial charge in [-0.1, -0.05) is 17.3 Å². The summed E-state index contributed by atoms with van der Waals surface area (Å²) in [5, 5.41) is 19.0. The van der Waals surface area contributed by atoms with Crippen LogP contribution in [0, 0.1) is 13.8 Å². The van der Waals surface area contributed by atoms with Gasteiger partial charge in [-0.2, -0.15) is 5.10 Å². The summed E-state index contributed by atoms with van der Waals surface area (Å²) in [6.07, 6.45) is 3.47. The number of aromatic nitrogens is 6. The number of benzene rings is 2. The molecule has 0 bridgehead atoms.